The van der Waals surface area contributed by atoms with Crippen LogP contribution in [0.15, 0.2) is 77.1 Å². The van der Waals surface area contributed by atoms with Crippen molar-refractivity contribution < 1.29 is 9.18 Å². The van der Waals surface area contributed by atoms with Gasteiger partial charge >= 0.3 is 0 Å². The fourth-order valence-corrected chi connectivity index (χ4v) is 3.66. The summed E-state index contributed by atoms with van der Waals surface area (Å²) in [5.41, 5.74) is 1.87. The largest absolute Gasteiger partial charge is 0.311 e. The van der Waals surface area contributed by atoms with Gasteiger partial charge in [0.25, 0.3) is 0 Å². The minimum Gasteiger partial charge on any atom is -0.311 e. The summed E-state index contributed by atoms with van der Waals surface area (Å²) in [6.45, 7) is 14.7. The topological polar surface area (TPSA) is 44.7 Å². The molecular weight excluding hydrogens is 377 g/mol. The maximum atomic E-state index is 13.8. The standard InChI is InChI=1S/C25H34FN3O/c1-6-20(7-2)21(8-3)11-9-19-10-12-23(27-17-19)28-24(30)22-13-15-29(16-14-22)18-25(4,5)26/h6-9,11-12,17,22H,1,3,10,13-16,18H2,2,4-5H3,(H,28,30)/b19-9+,20-7+,21-11+. The fourth-order valence-electron chi connectivity index (χ4n) is 3.66. The van der Waals surface area contributed by atoms with Gasteiger partial charge in [0.1, 0.15) is 11.5 Å². The van der Waals surface area contributed by atoms with Crippen LogP contribution < -0.4 is 5.32 Å². The van der Waals surface area contributed by atoms with E-state index in [1.807, 2.05) is 31.2 Å². The van der Waals surface area contributed by atoms with Gasteiger partial charge in [0.2, 0.25) is 5.91 Å². The Kier molecular flexibility index (Phi) is 8.72. The molecular formula is C25H34FN3O. The van der Waals surface area contributed by atoms with Crippen LogP contribution in [0.5, 0.6) is 0 Å². The van der Waals surface area contributed by atoms with Crippen LogP contribution in [0, 0.1) is 5.92 Å². The number of allylic oxidation sites excluding steroid dienone is 9. The highest BCUT2D eigenvalue weighted by Gasteiger charge is 2.28. The van der Waals surface area contributed by atoms with E-state index >= 15 is 0 Å². The third-order valence-corrected chi connectivity index (χ3v) is 5.27. The SMILES string of the molecule is C=CC(=C\C)/C(C=C)=C/C=C1/C=NC(NC(=O)C2CCN(CC(C)(C)F)CC2)=CC1. The first-order valence-electron chi connectivity index (χ1n) is 10.5. The van der Waals surface area contributed by atoms with Gasteiger partial charge in [-0.05, 0) is 75.9 Å². The second-order valence-electron chi connectivity index (χ2n) is 8.33. The van der Waals surface area contributed by atoms with Crippen LogP contribution in [0.4, 0.5) is 4.39 Å². The lowest BCUT2D eigenvalue weighted by molar-refractivity contribution is -0.125. The predicted molar refractivity (Wildman–Crippen MR) is 124 cm³/mol. The van der Waals surface area contributed by atoms with Crippen molar-refractivity contribution in [2.24, 2.45) is 10.9 Å². The van der Waals surface area contributed by atoms with Gasteiger partial charge in [0.05, 0.1) is 0 Å². The molecule has 0 saturated carbocycles. The number of alkyl halides is 1. The van der Waals surface area contributed by atoms with E-state index in [-0.39, 0.29) is 11.8 Å². The number of amides is 1. The lowest BCUT2D eigenvalue weighted by Crippen LogP contribution is -2.44. The summed E-state index contributed by atoms with van der Waals surface area (Å²) in [5.74, 6) is 0.549. The second-order valence-corrected chi connectivity index (χ2v) is 8.33. The van der Waals surface area contributed by atoms with Crippen LogP contribution in [-0.2, 0) is 4.79 Å². The maximum Gasteiger partial charge on any atom is 0.228 e. The Hall–Kier alpha value is -2.53. The summed E-state index contributed by atoms with van der Waals surface area (Å²) < 4.78 is 13.8. The maximum absolute atomic E-state index is 13.8. The van der Waals surface area contributed by atoms with Crippen molar-refractivity contribution in [1.82, 2.24) is 10.2 Å². The van der Waals surface area contributed by atoms with Crippen molar-refractivity contribution in [2.75, 3.05) is 19.6 Å². The predicted octanol–water partition coefficient (Wildman–Crippen LogP) is 5.05. The zero-order valence-electron chi connectivity index (χ0n) is 18.5. The van der Waals surface area contributed by atoms with E-state index in [4.69, 9.17) is 0 Å². The van der Waals surface area contributed by atoms with Gasteiger partial charge in [-0.25, -0.2) is 9.38 Å². The summed E-state index contributed by atoms with van der Waals surface area (Å²) in [6, 6.07) is 0. The highest BCUT2D eigenvalue weighted by molar-refractivity contribution is 5.84. The van der Waals surface area contributed by atoms with Crippen molar-refractivity contribution >= 4 is 12.1 Å². The number of hydrogen-bond donors (Lipinski definition) is 1. The summed E-state index contributed by atoms with van der Waals surface area (Å²) in [5, 5.41) is 2.94. The molecule has 1 N–H and O–H groups in total. The van der Waals surface area contributed by atoms with Gasteiger partial charge in [0.15, 0.2) is 0 Å². The molecule has 2 aliphatic heterocycles. The monoisotopic (exact) mass is 411 g/mol. The van der Waals surface area contributed by atoms with Crippen LogP contribution in [0.2, 0.25) is 0 Å². The molecule has 2 heterocycles. The molecule has 2 aliphatic rings. The molecule has 4 nitrogen and oxygen atoms in total. The first-order chi connectivity index (χ1) is 14.3. The van der Waals surface area contributed by atoms with Gasteiger partial charge in [-0.1, -0.05) is 43.5 Å². The molecule has 1 amide bonds. The van der Waals surface area contributed by atoms with Crippen LogP contribution in [0.3, 0.4) is 0 Å². The molecule has 0 aliphatic carbocycles. The van der Waals surface area contributed by atoms with Crippen molar-refractivity contribution in [1.29, 1.82) is 0 Å². The average Bonchev–Trinajstić information content (AvgIpc) is 2.71. The number of piperidine rings is 1. The summed E-state index contributed by atoms with van der Waals surface area (Å²) in [4.78, 5) is 19.0. The molecule has 5 heteroatoms. The number of carbonyl (C=O) groups excluding carboxylic acids is 1. The Bertz CT molecular complexity index is 801. The quantitative estimate of drug-likeness (QED) is 0.568. The lowest BCUT2D eigenvalue weighted by atomic mass is 9.95. The smallest absolute Gasteiger partial charge is 0.228 e. The zero-order valence-corrected chi connectivity index (χ0v) is 18.5. The molecule has 162 valence electrons. The summed E-state index contributed by atoms with van der Waals surface area (Å²) in [7, 11) is 0. The Morgan fingerprint density at radius 2 is 1.97 bits per heavy atom. The van der Waals surface area contributed by atoms with E-state index in [0.717, 1.165) is 42.7 Å². The number of halogens is 1. The Labute approximate surface area is 180 Å². The molecule has 0 bridgehead atoms. The number of aliphatic imine (C=N–C) groups is 1. The van der Waals surface area contributed by atoms with Gasteiger partial charge in [-0.3, -0.25) is 4.79 Å². The molecule has 0 atom stereocenters. The average molecular weight is 412 g/mol. The Balaban J connectivity index is 1.87. The molecule has 30 heavy (non-hydrogen) atoms. The Morgan fingerprint density at radius 1 is 1.30 bits per heavy atom. The van der Waals surface area contributed by atoms with Crippen LogP contribution in [-0.4, -0.2) is 42.3 Å². The van der Waals surface area contributed by atoms with E-state index in [1.54, 1.807) is 32.2 Å². The minimum absolute atomic E-state index is 0.00235. The molecule has 1 fully saturated rings. The van der Waals surface area contributed by atoms with Crippen LogP contribution in [0.1, 0.15) is 40.0 Å². The molecule has 0 spiro atoms. The number of nitrogens with zero attached hydrogens (tertiary/aromatic N) is 2. The van der Waals surface area contributed by atoms with E-state index in [2.05, 4.69) is 28.4 Å². The molecule has 0 aromatic heterocycles. The Morgan fingerprint density at radius 3 is 2.47 bits per heavy atom. The number of hydrogen-bond acceptors (Lipinski definition) is 3. The summed E-state index contributed by atoms with van der Waals surface area (Å²) >= 11 is 0. The first kappa shape index (κ1) is 23.7. The third-order valence-electron chi connectivity index (χ3n) is 5.27. The van der Waals surface area contributed by atoms with E-state index in [0.29, 0.717) is 18.8 Å². The lowest BCUT2D eigenvalue weighted by Gasteiger charge is -2.33. The van der Waals surface area contributed by atoms with Crippen molar-refractivity contribution in [3.8, 4) is 0 Å². The fraction of sp³-hybridized carbons (Fsp3) is 0.440. The van der Waals surface area contributed by atoms with E-state index in [9.17, 15) is 9.18 Å². The number of likely N-dealkylation sites (tertiary alicyclic amines) is 1. The molecule has 0 aromatic rings. The van der Waals surface area contributed by atoms with Crippen molar-refractivity contribution in [3.05, 3.63) is 72.2 Å². The second kappa shape index (κ2) is 11.0. The van der Waals surface area contributed by atoms with Gasteiger partial charge in [-0.2, -0.15) is 0 Å². The normalized spacial score (nSPS) is 20.8. The van der Waals surface area contributed by atoms with E-state index < -0.39 is 5.67 Å². The van der Waals surface area contributed by atoms with Crippen LogP contribution in [0.25, 0.3) is 0 Å². The van der Waals surface area contributed by atoms with Gasteiger partial charge in [-0.15, -0.1) is 0 Å². The molecule has 0 unspecified atom stereocenters. The van der Waals surface area contributed by atoms with Gasteiger partial charge in [0, 0.05) is 18.7 Å². The number of carbonyl (C=O) groups is 1. The number of nitrogens with one attached hydrogen (secondary N) is 1. The molecule has 0 aromatic carbocycles. The van der Waals surface area contributed by atoms with Crippen molar-refractivity contribution in [2.45, 2.75) is 45.7 Å². The third kappa shape index (κ3) is 7.38. The zero-order chi connectivity index (χ0) is 22.1. The first-order valence-corrected chi connectivity index (χ1v) is 10.5. The highest BCUT2D eigenvalue weighted by atomic mass is 19.1. The highest BCUT2D eigenvalue weighted by Crippen LogP contribution is 2.21. The molecule has 1 saturated heterocycles. The molecule has 2 rings (SSSR count). The minimum atomic E-state index is -1.20. The van der Waals surface area contributed by atoms with Gasteiger partial charge < -0.3 is 10.2 Å². The number of rotatable bonds is 8. The van der Waals surface area contributed by atoms with E-state index in [1.165, 1.54) is 0 Å². The molecule has 0 radical (unpaired) electrons. The summed E-state index contributed by atoms with van der Waals surface area (Å²) in [6.07, 6.45) is 15.5. The van der Waals surface area contributed by atoms with Crippen molar-refractivity contribution in [3.63, 3.8) is 0 Å². The van der Waals surface area contributed by atoms with Crippen LogP contribution >= 0.6 is 0 Å².